The molecule has 0 saturated heterocycles. The molecular weight excluding hydrogens is 296 g/mol. The van der Waals surface area contributed by atoms with Crippen LogP contribution in [-0.4, -0.2) is 11.6 Å². The molecule has 0 spiro atoms. The first kappa shape index (κ1) is 16.5. The molecule has 2 heteroatoms. The largest absolute Gasteiger partial charge is 0.299 e. The van der Waals surface area contributed by atoms with E-state index in [4.69, 9.17) is 0 Å². The highest BCUT2D eigenvalue weighted by atomic mass is 16.1. The smallest absolute Gasteiger partial charge is 0.159 e. The first-order valence-electron chi connectivity index (χ1n) is 9.84. The first-order chi connectivity index (χ1) is 11.1. The molecule has 2 nitrogen and oxygen atoms in total. The molecule has 4 rings (SSSR count). The molecule has 0 bridgehead atoms. The number of allylic oxidation sites excluding steroid dienone is 2. The molecule has 0 aromatic rings. The summed E-state index contributed by atoms with van der Waals surface area (Å²) in [5, 5.41) is 0. The molecule has 5 atom stereocenters. The van der Waals surface area contributed by atoms with Crippen molar-refractivity contribution >= 4 is 11.6 Å². The number of hydrogen-bond acceptors (Lipinski definition) is 2. The van der Waals surface area contributed by atoms with E-state index >= 15 is 0 Å². The zero-order valence-corrected chi connectivity index (χ0v) is 16.0. The normalized spacial score (nSPS) is 50.0. The Morgan fingerprint density at radius 2 is 1.62 bits per heavy atom. The fourth-order valence-corrected chi connectivity index (χ4v) is 7.65. The Kier molecular flexibility index (Phi) is 3.19. The van der Waals surface area contributed by atoms with E-state index in [2.05, 4.69) is 40.7 Å². The van der Waals surface area contributed by atoms with Gasteiger partial charge in [-0.2, -0.15) is 0 Å². The lowest BCUT2D eigenvalue weighted by molar-refractivity contribution is -0.174. The van der Waals surface area contributed by atoms with Gasteiger partial charge in [-0.25, -0.2) is 0 Å². The standard InChI is InChI=1S/C22H32O2/c1-19(2)16-9-13-22(5)17(20(16,3)11-10-18(19)24)7-6-14-15(23)8-12-21(14,22)4/h6,16-17H,7-13H2,1-5H3. The zero-order chi connectivity index (χ0) is 17.5. The van der Waals surface area contributed by atoms with E-state index in [1.54, 1.807) is 0 Å². The molecule has 4 aliphatic rings. The van der Waals surface area contributed by atoms with Crippen molar-refractivity contribution < 1.29 is 9.59 Å². The van der Waals surface area contributed by atoms with Gasteiger partial charge in [-0.15, -0.1) is 0 Å². The minimum atomic E-state index is -0.190. The van der Waals surface area contributed by atoms with Crippen LogP contribution >= 0.6 is 0 Å². The number of hydrogen-bond donors (Lipinski definition) is 0. The van der Waals surface area contributed by atoms with E-state index in [-0.39, 0.29) is 21.7 Å². The molecule has 4 aliphatic carbocycles. The van der Waals surface area contributed by atoms with Crippen molar-refractivity contribution in [3.05, 3.63) is 11.6 Å². The molecular formula is C22H32O2. The maximum absolute atomic E-state index is 12.6. The summed E-state index contributed by atoms with van der Waals surface area (Å²) < 4.78 is 0. The minimum Gasteiger partial charge on any atom is -0.299 e. The summed E-state index contributed by atoms with van der Waals surface area (Å²) in [6, 6.07) is 0. The molecule has 0 aromatic heterocycles. The van der Waals surface area contributed by atoms with Crippen molar-refractivity contribution in [1.29, 1.82) is 0 Å². The summed E-state index contributed by atoms with van der Waals surface area (Å²) in [7, 11) is 0. The average molecular weight is 328 g/mol. The van der Waals surface area contributed by atoms with Crippen LogP contribution in [0.5, 0.6) is 0 Å². The fourth-order valence-electron chi connectivity index (χ4n) is 7.65. The van der Waals surface area contributed by atoms with Crippen LogP contribution in [0, 0.1) is 33.5 Å². The van der Waals surface area contributed by atoms with Crippen molar-refractivity contribution in [1.82, 2.24) is 0 Å². The molecule has 0 heterocycles. The van der Waals surface area contributed by atoms with Crippen LogP contribution in [0.15, 0.2) is 11.6 Å². The van der Waals surface area contributed by atoms with Gasteiger partial charge in [0.25, 0.3) is 0 Å². The van der Waals surface area contributed by atoms with Crippen molar-refractivity contribution in [3.63, 3.8) is 0 Å². The van der Waals surface area contributed by atoms with E-state index in [0.29, 0.717) is 23.4 Å². The van der Waals surface area contributed by atoms with Gasteiger partial charge < -0.3 is 0 Å². The Morgan fingerprint density at radius 3 is 2.33 bits per heavy atom. The second-order valence-electron chi connectivity index (χ2n) is 10.3. The number of Topliss-reactive ketones (excluding diaryl/α,β-unsaturated/α-hetero) is 2. The highest BCUT2D eigenvalue weighted by molar-refractivity contribution is 5.99. The van der Waals surface area contributed by atoms with E-state index in [1.807, 2.05) is 0 Å². The second-order valence-corrected chi connectivity index (χ2v) is 10.3. The summed E-state index contributed by atoms with van der Waals surface area (Å²) in [6.45, 7) is 11.7. The Morgan fingerprint density at radius 1 is 0.917 bits per heavy atom. The number of carbonyl (C=O) groups excluding carboxylic acids is 2. The number of rotatable bonds is 0. The van der Waals surface area contributed by atoms with E-state index in [0.717, 1.165) is 50.5 Å². The third kappa shape index (κ3) is 1.68. The summed E-state index contributed by atoms with van der Waals surface area (Å²) in [5.41, 5.74) is 1.41. The quantitative estimate of drug-likeness (QED) is 0.619. The van der Waals surface area contributed by atoms with Crippen LogP contribution in [0.4, 0.5) is 0 Å². The van der Waals surface area contributed by atoms with Crippen molar-refractivity contribution in [2.45, 2.75) is 79.6 Å². The summed E-state index contributed by atoms with van der Waals surface area (Å²) in [6.07, 6.45) is 9.15. The van der Waals surface area contributed by atoms with E-state index < -0.39 is 0 Å². The summed E-state index contributed by atoms with van der Waals surface area (Å²) in [4.78, 5) is 25.0. The Bertz CT molecular complexity index is 657. The SMILES string of the molecule is CC1(C)C(=O)CCC2(C)C1CCC1(C)C2CC=C2C(=O)CCC21C. The highest BCUT2D eigenvalue weighted by Gasteiger charge is 2.66. The molecule has 0 N–H and O–H groups in total. The number of ketones is 2. The molecule has 0 aromatic carbocycles. The average Bonchev–Trinajstić information content (AvgIpc) is 2.81. The molecule has 0 radical (unpaired) electrons. The molecule has 132 valence electrons. The van der Waals surface area contributed by atoms with Gasteiger partial charge in [-0.05, 0) is 60.3 Å². The zero-order valence-electron chi connectivity index (χ0n) is 16.0. The van der Waals surface area contributed by atoms with Gasteiger partial charge in [0, 0.05) is 23.7 Å². The first-order valence-corrected chi connectivity index (χ1v) is 9.84. The molecule has 0 amide bonds. The van der Waals surface area contributed by atoms with E-state index in [9.17, 15) is 9.59 Å². The van der Waals surface area contributed by atoms with Gasteiger partial charge in [0.05, 0.1) is 0 Å². The minimum absolute atomic E-state index is 0.0482. The Labute approximate surface area is 146 Å². The third-order valence-corrected chi connectivity index (χ3v) is 9.36. The number of fused-ring (bicyclic) bond motifs is 5. The lowest BCUT2D eigenvalue weighted by Crippen LogP contribution is -2.61. The van der Waals surface area contributed by atoms with Crippen molar-refractivity contribution in [2.24, 2.45) is 33.5 Å². The molecule has 3 saturated carbocycles. The van der Waals surface area contributed by atoms with Crippen LogP contribution in [0.3, 0.4) is 0 Å². The molecule has 5 unspecified atom stereocenters. The molecule has 0 aliphatic heterocycles. The van der Waals surface area contributed by atoms with Crippen LogP contribution in [0.2, 0.25) is 0 Å². The molecule has 3 fully saturated rings. The van der Waals surface area contributed by atoms with Crippen molar-refractivity contribution in [3.8, 4) is 0 Å². The molecule has 24 heavy (non-hydrogen) atoms. The maximum Gasteiger partial charge on any atom is 0.159 e. The van der Waals surface area contributed by atoms with Crippen LogP contribution < -0.4 is 0 Å². The fraction of sp³-hybridized carbons (Fsp3) is 0.818. The van der Waals surface area contributed by atoms with Gasteiger partial charge in [-0.3, -0.25) is 9.59 Å². The number of carbonyl (C=O) groups is 2. The predicted molar refractivity (Wildman–Crippen MR) is 95.5 cm³/mol. The highest BCUT2D eigenvalue weighted by Crippen LogP contribution is 2.72. The van der Waals surface area contributed by atoms with Crippen LogP contribution in [0.1, 0.15) is 79.6 Å². The summed E-state index contributed by atoms with van der Waals surface area (Å²) in [5.74, 6) is 1.93. The van der Waals surface area contributed by atoms with Crippen LogP contribution in [0.25, 0.3) is 0 Å². The monoisotopic (exact) mass is 328 g/mol. The Balaban J connectivity index is 1.82. The van der Waals surface area contributed by atoms with Crippen molar-refractivity contribution in [2.75, 3.05) is 0 Å². The predicted octanol–water partition coefficient (Wildman–Crippen LogP) is 5.11. The third-order valence-electron chi connectivity index (χ3n) is 9.36. The topological polar surface area (TPSA) is 34.1 Å². The summed E-state index contributed by atoms with van der Waals surface area (Å²) >= 11 is 0. The van der Waals surface area contributed by atoms with Gasteiger partial charge in [-0.1, -0.05) is 40.7 Å². The lowest BCUT2D eigenvalue weighted by atomic mass is 9.37. The van der Waals surface area contributed by atoms with Gasteiger partial charge in [0.1, 0.15) is 5.78 Å². The second kappa shape index (κ2) is 4.62. The van der Waals surface area contributed by atoms with Crippen LogP contribution in [-0.2, 0) is 9.59 Å². The van der Waals surface area contributed by atoms with Gasteiger partial charge >= 0.3 is 0 Å². The lowest BCUT2D eigenvalue weighted by Gasteiger charge is -2.66. The van der Waals surface area contributed by atoms with Gasteiger partial charge in [0.2, 0.25) is 0 Å². The maximum atomic E-state index is 12.6. The van der Waals surface area contributed by atoms with E-state index in [1.165, 1.54) is 0 Å². The van der Waals surface area contributed by atoms with Gasteiger partial charge in [0.15, 0.2) is 5.78 Å². The Hall–Kier alpha value is -0.920.